The number of rotatable bonds is 7. The first-order valence-corrected chi connectivity index (χ1v) is 5.69. The van der Waals surface area contributed by atoms with Crippen LogP contribution in [0.3, 0.4) is 0 Å². The van der Waals surface area contributed by atoms with E-state index < -0.39 is 0 Å². The van der Waals surface area contributed by atoms with Crippen LogP contribution in [0.15, 0.2) is 19.0 Å². The van der Waals surface area contributed by atoms with Crippen molar-refractivity contribution in [2.24, 2.45) is 0 Å². The Bertz CT molecular complexity index is 291. The Kier molecular flexibility index (Phi) is 5.12. The maximum absolute atomic E-state index is 4.14. The number of nitrogens with one attached hydrogen (secondary N) is 1. The van der Waals surface area contributed by atoms with Gasteiger partial charge in [-0.25, -0.2) is 4.68 Å². The van der Waals surface area contributed by atoms with Crippen molar-refractivity contribution in [2.45, 2.75) is 45.7 Å². The van der Waals surface area contributed by atoms with E-state index in [0.717, 1.165) is 6.54 Å². The van der Waals surface area contributed by atoms with E-state index in [2.05, 4.69) is 30.8 Å². The minimum absolute atomic E-state index is 0.627. The molecule has 0 aliphatic carbocycles. The van der Waals surface area contributed by atoms with E-state index in [-0.39, 0.29) is 0 Å². The Morgan fingerprint density at radius 3 is 2.93 bits per heavy atom. The van der Waals surface area contributed by atoms with Crippen LogP contribution in [0.1, 0.15) is 38.7 Å². The highest BCUT2D eigenvalue weighted by atomic mass is 15.2. The highest BCUT2D eigenvalue weighted by molar-refractivity contribution is 5.17. The van der Waals surface area contributed by atoms with Gasteiger partial charge >= 0.3 is 0 Å². The smallest absolute Gasteiger partial charge is 0.0538 e. The third kappa shape index (κ3) is 3.88. The lowest BCUT2D eigenvalue weighted by molar-refractivity contribution is 0.462. The number of hydrogen-bond acceptors (Lipinski definition) is 2. The second-order valence-corrected chi connectivity index (χ2v) is 3.79. The third-order valence-corrected chi connectivity index (χ3v) is 2.57. The molecule has 15 heavy (non-hydrogen) atoms. The zero-order chi connectivity index (χ0) is 11.1. The molecule has 0 radical (unpaired) electrons. The first-order valence-electron chi connectivity index (χ1n) is 5.69. The van der Waals surface area contributed by atoms with Gasteiger partial charge in [0, 0.05) is 30.5 Å². The van der Waals surface area contributed by atoms with Gasteiger partial charge in [-0.3, -0.25) is 0 Å². The predicted molar refractivity (Wildman–Crippen MR) is 64.4 cm³/mol. The summed E-state index contributed by atoms with van der Waals surface area (Å²) in [6, 6.07) is 0.627. The summed E-state index contributed by atoms with van der Waals surface area (Å²) in [7, 11) is 0. The molecule has 0 amide bonds. The zero-order valence-corrected chi connectivity index (χ0v) is 9.74. The third-order valence-electron chi connectivity index (χ3n) is 2.57. The highest BCUT2D eigenvalue weighted by Gasteiger charge is 2.04. The van der Waals surface area contributed by atoms with E-state index in [9.17, 15) is 0 Å². The maximum Gasteiger partial charge on any atom is 0.0538 e. The molecule has 1 aromatic heterocycles. The fourth-order valence-corrected chi connectivity index (χ4v) is 1.63. The summed E-state index contributed by atoms with van der Waals surface area (Å²) in [6.07, 6.45) is 9.24. The first-order chi connectivity index (χ1) is 7.30. The summed E-state index contributed by atoms with van der Waals surface area (Å²) in [6.45, 7) is 9.01. The van der Waals surface area contributed by atoms with Crippen molar-refractivity contribution in [3.05, 3.63) is 24.5 Å². The van der Waals surface area contributed by atoms with Gasteiger partial charge in [0.05, 0.1) is 6.20 Å². The van der Waals surface area contributed by atoms with Crippen LogP contribution in [-0.2, 0) is 6.54 Å². The van der Waals surface area contributed by atoms with Crippen molar-refractivity contribution < 1.29 is 0 Å². The van der Waals surface area contributed by atoms with Gasteiger partial charge < -0.3 is 5.32 Å². The lowest BCUT2D eigenvalue weighted by Gasteiger charge is -2.14. The fourth-order valence-electron chi connectivity index (χ4n) is 1.63. The monoisotopic (exact) mass is 207 g/mol. The minimum Gasteiger partial charge on any atom is -0.310 e. The normalized spacial score (nSPS) is 12.7. The standard InChI is InChI=1S/C12H21N3/c1-4-7-12(5-2)13-8-11-9-14-15(6-3)10-11/h6,9-10,12-13H,3-5,7-8H2,1-2H3. The van der Waals surface area contributed by atoms with Crippen molar-refractivity contribution >= 4 is 6.20 Å². The van der Waals surface area contributed by atoms with Gasteiger partial charge in [0.15, 0.2) is 0 Å². The van der Waals surface area contributed by atoms with Crippen LogP contribution in [-0.4, -0.2) is 15.8 Å². The molecular weight excluding hydrogens is 186 g/mol. The molecule has 0 aromatic carbocycles. The van der Waals surface area contributed by atoms with Crippen molar-refractivity contribution in [1.82, 2.24) is 15.1 Å². The first kappa shape index (κ1) is 12.0. The van der Waals surface area contributed by atoms with Crippen LogP contribution in [0.2, 0.25) is 0 Å². The SMILES string of the molecule is C=Cn1cc(CNC(CC)CCC)cn1. The molecular formula is C12H21N3. The molecule has 0 saturated carbocycles. The van der Waals surface area contributed by atoms with Crippen LogP contribution in [0.25, 0.3) is 6.20 Å². The van der Waals surface area contributed by atoms with E-state index in [1.807, 2.05) is 12.4 Å². The second kappa shape index (κ2) is 6.40. The average molecular weight is 207 g/mol. The number of nitrogens with zero attached hydrogens (tertiary/aromatic N) is 2. The Hall–Kier alpha value is -1.09. The van der Waals surface area contributed by atoms with E-state index >= 15 is 0 Å². The van der Waals surface area contributed by atoms with E-state index in [1.165, 1.54) is 24.8 Å². The van der Waals surface area contributed by atoms with E-state index in [1.54, 1.807) is 10.9 Å². The zero-order valence-electron chi connectivity index (χ0n) is 9.74. The molecule has 3 heteroatoms. The maximum atomic E-state index is 4.14. The van der Waals surface area contributed by atoms with Gasteiger partial charge in [-0.15, -0.1) is 0 Å². The Labute approximate surface area is 92.2 Å². The molecule has 0 bridgehead atoms. The van der Waals surface area contributed by atoms with Gasteiger partial charge in [0.25, 0.3) is 0 Å². The van der Waals surface area contributed by atoms with Gasteiger partial charge in [0.2, 0.25) is 0 Å². The molecule has 0 fully saturated rings. The predicted octanol–water partition coefficient (Wildman–Crippen LogP) is 2.65. The molecule has 1 heterocycles. The van der Waals surface area contributed by atoms with Crippen LogP contribution < -0.4 is 5.32 Å². The summed E-state index contributed by atoms with van der Waals surface area (Å²) in [4.78, 5) is 0. The largest absolute Gasteiger partial charge is 0.310 e. The second-order valence-electron chi connectivity index (χ2n) is 3.79. The van der Waals surface area contributed by atoms with Gasteiger partial charge in [-0.1, -0.05) is 26.8 Å². The van der Waals surface area contributed by atoms with Crippen LogP contribution in [0.4, 0.5) is 0 Å². The molecule has 1 rings (SSSR count). The molecule has 1 aromatic rings. The summed E-state index contributed by atoms with van der Waals surface area (Å²) in [5, 5.41) is 7.68. The summed E-state index contributed by atoms with van der Waals surface area (Å²) in [5.74, 6) is 0. The molecule has 0 saturated heterocycles. The molecule has 1 N–H and O–H groups in total. The van der Waals surface area contributed by atoms with Gasteiger partial charge in [-0.2, -0.15) is 5.10 Å². The summed E-state index contributed by atoms with van der Waals surface area (Å²) in [5.41, 5.74) is 1.21. The molecule has 0 aliphatic rings. The Morgan fingerprint density at radius 2 is 2.40 bits per heavy atom. The van der Waals surface area contributed by atoms with Gasteiger partial charge in [0.1, 0.15) is 0 Å². The van der Waals surface area contributed by atoms with Crippen LogP contribution in [0, 0.1) is 0 Å². The average Bonchev–Trinajstić information content (AvgIpc) is 2.72. The Morgan fingerprint density at radius 1 is 1.60 bits per heavy atom. The quantitative estimate of drug-likeness (QED) is 0.745. The fraction of sp³-hybridized carbons (Fsp3) is 0.583. The number of hydrogen-bond donors (Lipinski definition) is 1. The van der Waals surface area contributed by atoms with Crippen molar-refractivity contribution in [1.29, 1.82) is 0 Å². The lowest BCUT2D eigenvalue weighted by atomic mass is 10.1. The molecule has 1 atom stereocenters. The van der Waals surface area contributed by atoms with E-state index in [0.29, 0.717) is 6.04 Å². The molecule has 0 aliphatic heterocycles. The highest BCUT2D eigenvalue weighted by Crippen LogP contribution is 2.03. The lowest BCUT2D eigenvalue weighted by Crippen LogP contribution is -2.27. The van der Waals surface area contributed by atoms with Gasteiger partial charge in [-0.05, 0) is 12.8 Å². The number of aromatic nitrogens is 2. The van der Waals surface area contributed by atoms with Crippen molar-refractivity contribution in [2.75, 3.05) is 0 Å². The molecule has 1 unspecified atom stereocenters. The Balaban J connectivity index is 2.37. The molecule has 3 nitrogen and oxygen atoms in total. The summed E-state index contributed by atoms with van der Waals surface area (Å²) < 4.78 is 1.73. The van der Waals surface area contributed by atoms with E-state index in [4.69, 9.17) is 0 Å². The van der Waals surface area contributed by atoms with Crippen LogP contribution in [0.5, 0.6) is 0 Å². The van der Waals surface area contributed by atoms with Crippen molar-refractivity contribution in [3.8, 4) is 0 Å². The van der Waals surface area contributed by atoms with Crippen molar-refractivity contribution in [3.63, 3.8) is 0 Å². The molecule has 84 valence electrons. The van der Waals surface area contributed by atoms with Crippen LogP contribution >= 0.6 is 0 Å². The minimum atomic E-state index is 0.627. The topological polar surface area (TPSA) is 29.9 Å². The summed E-state index contributed by atoms with van der Waals surface area (Å²) >= 11 is 0. The molecule has 0 spiro atoms.